The van der Waals surface area contributed by atoms with Crippen molar-refractivity contribution < 1.29 is 0 Å². The summed E-state index contributed by atoms with van der Waals surface area (Å²) in [6.07, 6.45) is 1.64. The molecule has 1 aromatic heterocycles. The zero-order valence-electron chi connectivity index (χ0n) is 8.86. The van der Waals surface area contributed by atoms with Gasteiger partial charge >= 0.3 is 0 Å². The Balaban J connectivity index is 2.07. The van der Waals surface area contributed by atoms with Crippen molar-refractivity contribution in [2.45, 2.75) is 10.8 Å². The molecule has 1 heterocycles. The number of halogens is 2. The largest absolute Gasteiger partial charge is 0.397 e. The maximum atomic E-state index is 6.10. The second-order valence-electron chi connectivity index (χ2n) is 3.43. The van der Waals surface area contributed by atoms with Crippen LogP contribution in [-0.4, -0.2) is 4.98 Å². The molecule has 17 heavy (non-hydrogen) atoms. The number of thioether (sulfide) groups is 1. The second-order valence-corrected chi connectivity index (χ2v) is 5.21. The zero-order chi connectivity index (χ0) is 12.3. The van der Waals surface area contributed by atoms with E-state index >= 15 is 0 Å². The number of rotatable bonds is 3. The van der Waals surface area contributed by atoms with E-state index in [1.54, 1.807) is 24.0 Å². The summed E-state index contributed by atoms with van der Waals surface area (Å²) in [6, 6.07) is 9.34. The number of anilines is 1. The Morgan fingerprint density at radius 1 is 1.18 bits per heavy atom. The summed E-state index contributed by atoms with van der Waals surface area (Å²) in [6.45, 7) is 0. The van der Waals surface area contributed by atoms with E-state index in [0.29, 0.717) is 15.7 Å². The Morgan fingerprint density at radius 2 is 2.00 bits per heavy atom. The lowest BCUT2D eigenvalue weighted by Crippen LogP contribution is -1.88. The standard InChI is InChI=1S/C12H10Cl2N2S/c13-10-3-1-2-8(12(10)14)7-17-11-5-4-9(15)6-16-11/h1-6H,7,15H2. The molecule has 5 heteroatoms. The van der Waals surface area contributed by atoms with Gasteiger partial charge < -0.3 is 5.73 Å². The fraction of sp³-hybridized carbons (Fsp3) is 0.0833. The van der Waals surface area contributed by atoms with E-state index < -0.39 is 0 Å². The summed E-state index contributed by atoms with van der Waals surface area (Å²) in [5, 5.41) is 2.10. The summed E-state index contributed by atoms with van der Waals surface area (Å²) in [5.74, 6) is 0.732. The first kappa shape index (κ1) is 12.6. The van der Waals surface area contributed by atoms with Gasteiger partial charge in [-0.15, -0.1) is 11.8 Å². The maximum absolute atomic E-state index is 6.10. The highest BCUT2D eigenvalue weighted by atomic mass is 35.5. The third-order valence-corrected chi connectivity index (χ3v) is 4.02. The molecule has 0 saturated carbocycles. The molecule has 0 atom stereocenters. The van der Waals surface area contributed by atoms with Crippen LogP contribution < -0.4 is 5.73 Å². The van der Waals surface area contributed by atoms with Gasteiger partial charge in [-0.25, -0.2) is 4.98 Å². The van der Waals surface area contributed by atoms with Gasteiger partial charge in [0, 0.05) is 5.75 Å². The molecule has 0 aliphatic heterocycles. The quantitative estimate of drug-likeness (QED) is 0.856. The Kier molecular flexibility index (Phi) is 4.15. The Morgan fingerprint density at radius 3 is 2.71 bits per heavy atom. The van der Waals surface area contributed by atoms with Gasteiger partial charge in [-0.05, 0) is 23.8 Å². The van der Waals surface area contributed by atoms with Crippen molar-refractivity contribution in [3.05, 3.63) is 52.1 Å². The molecule has 0 aliphatic carbocycles. The first-order valence-electron chi connectivity index (χ1n) is 4.94. The summed E-state index contributed by atoms with van der Waals surface area (Å²) < 4.78 is 0. The first-order chi connectivity index (χ1) is 8.16. The van der Waals surface area contributed by atoms with Gasteiger partial charge in [0.15, 0.2) is 0 Å². The number of nitrogen functional groups attached to an aromatic ring is 1. The molecule has 0 aliphatic rings. The molecule has 2 N–H and O–H groups in total. The van der Waals surface area contributed by atoms with Crippen molar-refractivity contribution in [2.24, 2.45) is 0 Å². The number of hydrogen-bond donors (Lipinski definition) is 1. The van der Waals surface area contributed by atoms with Crippen LogP contribution in [0.4, 0.5) is 5.69 Å². The lowest BCUT2D eigenvalue weighted by Gasteiger charge is -2.05. The smallest absolute Gasteiger partial charge is 0.0964 e. The van der Waals surface area contributed by atoms with Crippen molar-refractivity contribution in [2.75, 3.05) is 5.73 Å². The summed E-state index contributed by atoms with van der Waals surface area (Å²) >= 11 is 13.6. The number of nitrogens with two attached hydrogens (primary N) is 1. The molecule has 1 aromatic carbocycles. The molecule has 2 rings (SSSR count). The average Bonchev–Trinajstić information content (AvgIpc) is 2.33. The summed E-state index contributed by atoms with van der Waals surface area (Å²) in [5.41, 5.74) is 7.23. The van der Waals surface area contributed by atoms with Crippen LogP contribution in [0, 0.1) is 0 Å². The van der Waals surface area contributed by atoms with Crippen LogP contribution in [0.5, 0.6) is 0 Å². The average molecular weight is 285 g/mol. The van der Waals surface area contributed by atoms with Crippen LogP contribution in [0.2, 0.25) is 10.0 Å². The lowest BCUT2D eigenvalue weighted by molar-refractivity contribution is 1.13. The fourth-order valence-corrected chi connectivity index (χ4v) is 2.59. The molecular formula is C12H10Cl2N2S. The van der Waals surface area contributed by atoms with Crippen molar-refractivity contribution in [3.63, 3.8) is 0 Å². The van der Waals surface area contributed by atoms with Crippen LogP contribution in [0.25, 0.3) is 0 Å². The second kappa shape index (κ2) is 5.63. The predicted molar refractivity (Wildman–Crippen MR) is 74.7 cm³/mol. The normalized spacial score (nSPS) is 10.5. The fourth-order valence-electron chi connectivity index (χ4n) is 1.29. The van der Waals surface area contributed by atoms with Gasteiger partial charge in [-0.1, -0.05) is 35.3 Å². The van der Waals surface area contributed by atoms with Gasteiger partial charge in [0.1, 0.15) is 0 Å². The molecule has 0 amide bonds. The lowest BCUT2D eigenvalue weighted by atomic mass is 10.2. The molecule has 0 saturated heterocycles. The number of hydrogen-bond acceptors (Lipinski definition) is 3. The summed E-state index contributed by atoms with van der Waals surface area (Å²) in [7, 11) is 0. The maximum Gasteiger partial charge on any atom is 0.0964 e. The van der Waals surface area contributed by atoms with E-state index in [9.17, 15) is 0 Å². The van der Waals surface area contributed by atoms with Crippen LogP contribution in [0.3, 0.4) is 0 Å². The van der Waals surface area contributed by atoms with Crippen molar-refractivity contribution in [3.8, 4) is 0 Å². The van der Waals surface area contributed by atoms with E-state index in [2.05, 4.69) is 4.98 Å². The molecule has 2 nitrogen and oxygen atoms in total. The SMILES string of the molecule is Nc1ccc(SCc2cccc(Cl)c2Cl)nc1. The van der Waals surface area contributed by atoms with Crippen molar-refractivity contribution in [1.82, 2.24) is 4.98 Å². The Hall–Kier alpha value is -0.900. The van der Waals surface area contributed by atoms with Crippen LogP contribution in [0.15, 0.2) is 41.6 Å². The third kappa shape index (κ3) is 3.28. The molecule has 2 aromatic rings. The minimum atomic E-state index is 0.579. The molecule has 0 bridgehead atoms. The summed E-state index contributed by atoms with van der Waals surface area (Å²) in [4.78, 5) is 4.21. The van der Waals surface area contributed by atoms with E-state index in [0.717, 1.165) is 16.3 Å². The molecular weight excluding hydrogens is 275 g/mol. The van der Waals surface area contributed by atoms with Gasteiger partial charge in [0.25, 0.3) is 0 Å². The highest BCUT2D eigenvalue weighted by molar-refractivity contribution is 7.98. The molecule has 0 radical (unpaired) electrons. The van der Waals surface area contributed by atoms with Gasteiger partial charge in [-0.3, -0.25) is 0 Å². The molecule has 88 valence electrons. The topological polar surface area (TPSA) is 38.9 Å². The van der Waals surface area contributed by atoms with Gasteiger partial charge in [0.2, 0.25) is 0 Å². The Labute approximate surface area is 114 Å². The monoisotopic (exact) mass is 284 g/mol. The first-order valence-corrected chi connectivity index (χ1v) is 6.68. The molecule has 0 spiro atoms. The highest BCUT2D eigenvalue weighted by Crippen LogP contribution is 2.30. The van der Waals surface area contributed by atoms with E-state index in [4.69, 9.17) is 28.9 Å². The minimum Gasteiger partial charge on any atom is -0.397 e. The molecule has 0 fully saturated rings. The number of pyridine rings is 1. The number of nitrogens with zero attached hydrogens (tertiary/aromatic N) is 1. The molecule has 0 unspecified atom stereocenters. The number of aromatic nitrogens is 1. The van der Waals surface area contributed by atoms with E-state index in [1.807, 2.05) is 24.3 Å². The minimum absolute atomic E-state index is 0.579. The van der Waals surface area contributed by atoms with Gasteiger partial charge in [-0.2, -0.15) is 0 Å². The van der Waals surface area contributed by atoms with E-state index in [1.165, 1.54) is 0 Å². The van der Waals surface area contributed by atoms with Crippen LogP contribution >= 0.6 is 35.0 Å². The third-order valence-electron chi connectivity index (χ3n) is 2.17. The zero-order valence-corrected chi connectivity index (χ0v) is 11.2. The van der Waals surface area contributed by atoms with E-state index in [-0.39, 0.29) is 0 Å². The van der Waals surface area contributed by atoms with Crippen molar-refractivity contribution >= 4 is 40.7 Å². The highest BCUT2D eigenvalue weighted by Gasteiger charge is 2.05. The van der Waals surface area contributed by atoms with Crippen LogP contribution in [-0.2, 0) is 5.75 Å². The van der Waals surface area contributed by atoms with Gasteiger partial charge in [0.05, 0.1) is 27.0 Å². The van der Waals surface area contributed by atoms with Crippen molar-refractivity contribution in [1.29, 1.82) is 0 Å². The number of benzene rings is 1. The predicted octanol–water partition coefficient (Wildman–Crippen LogP) is 4.26. The Bertz CT molecular complexity index is 514. The van der Waals surface area contributed by atoms with Crippen LogP contribution in [0.1, 0.15) is 5.56 Å².